The maximum absolute atomic E-state index is 13.3. The molecule has 0 bridgehead atoms. The van der Waals surface area contributed by atoms with Gasteiger partial charge < -0.3 is 14.8 Å². The van der Waals surface area contributed by atoms with Gasteiger partial charge in [0.2, 0.25) is 12.7 Å². The molecule has 1 N–H and O–H groups in total. The van der Waals surface area contributed by atoms with Crippen molar-refractivity contribution in [2.45, 2.75) is 37.9 Å². The molecular formula is C23H23N3O4S2. The summed E-state index contributed by atoms with van der Waals surface area (Å²) in [7, 11) is 0. The number of hydrogen-bond acceptors (Lipinski definition) is 7. The highest BCUT2D eigenvalue weighted by Crippen LogP contribution is 2.37. The van der Waals surface area contributed by atoms with Gasteiger partial charge in [-0.25, -0.2) is 4.98 Å². The fraction of sp³-hybridized carbons (Fsp3) is 0.348. The second-order valence-corrected chi connectivity index (χ2v) is 10.1. The smallest absolute Gasteiger partial charge is 0.263 e. The number of carbonyl (C=O) groups excluding carboxylic acids is 1. The Bertz CT molecular complexity index is 1280. The lowest BCUT2D eigenvalue weighted by molar-refractivity contribution is -0.113. The molecule has 0 radical (unpaired) electrons. The fourth-order valence-corrected chi connectivity index (χ4v) is 6.34. The maximum atomic E-state index is 13.3. The number of amides is 1. The highest BCUT2D eigenvalue weighted by atomic mass is 32.2. The zero-order valence-electron chi connectivity index (χ0n) is 17.7. The van der Waals surface area contributed by atoms with Gasteiger partial charge in [0, 0.05) is 23.2 Å². The van der Waals surface area contributed by atoms with E-state index in [9.17, 15) is 9.59 Å². The Morgan fingerprint density at radius 3 is 3.09 bits per heavy atom. The number of rotatable bonds is 6. The Kier molecular flexibility index (Phi) is 5.69. The van der Waals surface area contributed by atoms with E-state index in [0.29, 0.717) is 34.8 Å². The number of nitrogens with one attached hydrogen (secondary N) is 1. The van der Waals surface area contributed by atoms with Gasteiger partial charge in [0.05, 0.1) is 11.1 Å². The largest absolute Gasteiger partial charge is 0.454 e. The number of thiophene rings is 1. The standard InChI is InChI=1S/C23H23N3O4S2/c1-3-8-26-22(28)20-15-6-4-13(2)9-18(15)32-21(20)25-23(26)31-11-19(27)24-14-5-7-16-17(10-14)30-12-29-16/h3,5,7,10,13H,1,4,6,8-9,11-12H2,2H3,(H,24,27). The molecule has 3 heterocycles. The van der Waals surface area contributed by atoms with E-state index in [4.69, 9.17) is 14.5 Å². The van der Waals surface area contributed by atoms with Gasteiger partial charge in [-0.2, -0.15) is 0 Å². The number of benzene rings is 1. The first kappa shape index (κ1) is 21.1. The zero-order chi connectivity index (χ0) is 22.2. The van der Waals surface area contributed by atoms with Crippen LogP contribution in [0.3, 0.4) is 0 Å². The van der Waals surface area contributed by atoms with E-state index >= 15 is 0 Å². The van der Waals surface area contributed by atoms with Gasteiger partial charge in [0.15, 0.2) is 16.7 Å². The van der Waals surface area contributed by atoms with Crippen molar-refractivity contribution in [3.8, 4) is 11.5 Å². The van der Waals surface area contributed by atoms with E-state index in [1.165, 1.54) is 16.6 Å². The SMILES string of the molecule is C=CCn1c(SCC(=O)Nc2ccc3c(c2)OCO3)nc2sc3c(c2c1=O)CCC(C)C3. The van der Waals surface area contributed by atoms with Crippen LogP contribution in [0.2, 0.25) is 0 Å². The average molecular weight is 470 g/mol. The minimum atomic E-state index is -0.187. The topological polar surface area (TPSA) is 82.5 Å². The van der Waals surface area contributed by atoms with Crippen LogP contribution in [0.25, 0.3) is 10.2 Å². The summed E-state index contributed by atoms with van der Waals surface area (Å²) in [5.74, 6) is 1.84. The first-order chi connectivity index (χ1) is 15.5. The van der Waals surface area contributed by atoms with E-state index in [1.807, 2.05) is 0 Å². The predicted octanol–water partition coefficient (Wildman–Crippen LogP) is 4.23. The molecule has 1 aromatic carbocycles. The number of aromatic nitrogens is 2. The minimum Gasteiger partial charge on any atom is -0.454 e. The molecule has 1 amide bonds. The molecule has 1 aliphatic carbocycles. The second kappa shape index (κ2) is 8.63. The number of nitrogens with zero attached hydrogens (tertiary/aromatic N) is 2. The molecule has 0 saturated carbocycles. The lowest BCUT2D eigenvalue weighted by Gasteiger charge is -2.17. The van der Waals surface area contributed by atoms with E-state index in [-0.39, 0.29) is 24.0 Å². The van der Waals surface area contributed by atoms with Crippen LogP contribution in [0.4, 0.5) is 5.69 Å². The first-order valence-corrected chi connectivity index (χ1v) is 12.3. The summed E-state index contributed by atoms with van der Waals surface area (Å²) in [4.78, 5) is 32.7. The molecule has 0 spiro atoms. The van der Waals surface area contributed by atoms with Crippen molar-refractivity contribution in [1.29, 1.82) is 0 Å². The summed E-state index contributed by atoms with van der Waals surface area (Å²) in [6.07, 6.45) is 4.70. The molecule has 32 heavy (non-hydrogen) atoms. The zero-order valence-corrected chi connectivity index (χ0v) is 19.3. The molecule has 1 atom stereocenters. The van der Waals surface area contributed by atoms with Crippen molar-refractivity contribution in [2.24, 2.45) is 5.92 Å². The number of fused-ring (bicyclic) bond motifs is 4. The fourth-order valence-electron chi connectivity index (χ4n) is 4.11. The molecule has 1 aliphatic heterocycles. The minimum absolute atomic E-state index is 0.0411. The third-order valence-corrected chi connectivity index (χ3v) is 7.81. The molecule has 2 aliphatic rings. The summed E-state index contributed by atoms with van der Waals surface area (Å²) in [6.45, 7) is 6.57. The lowest BCUT2D eigenvalue weighted by Crippen LogP contribution is -2.24. The molecule has 9 heteroatoms. The van der Waals surface area contributed by atoms with Gasteiger partial charge in [0.25, 0.3) is 5.56 Å². The van der Waals surface area contributed by atoms with Crippen molar-refractivity contribution < 1.29 is 14.3 Å². The molecule has 1 unspecified atom stereocenters. The first-order valence-electron chi connectivity index (χ1n) is 10.5. The van der Waals surface area contributed by atoms with E-state index < -0.39 is 0 Å². The summed E-state index contributed by atoms with van der Waals surface area (Å²) in [6, 6.07) is 5.27. The lowest BCUT2D eigenvalue weighted by atomic mass is 9.89. The van der Waals surface area contributed by atoms with Gasteiger partial charge in [-0.15, -0.1) is 17.9 Å². The van der Waals surface area contributed by atoms with Crippen LogP contribution in [0.5, 0.6) is 11.5 Å². The summed E-state index contributed by atoms with van der Waals surface area (Å²) in [5, 5.41) is 4.14. The molecule has 3 aromatic rings. The molecule has 166 valence electrons. The molecule has 5 rings (SSSR count). The molecular weight excluding hydrogens is 446 g/mol. The van der Waals surface area contributed by atoms with Crippen molar-refractivity contribution in [2.75, 3.05) is 17.9 Å². The van der Waals surface area contributed by atoms with Crippen LogP contribution in [0, 0.1) is 5.92 Å². The summed E-state index contributed by atoms with van der Waals surface area (Å²) < 4.78 is 12.3. The van der Waals surface area contributed by atoms with E-state index in [2.05, 4.69) is 18.8 Å². The number of carbonyl (C=O) groups is 1. The normalized spacial score (nSPS) is 16.7. The number of thioether (sulfide) groups is 1. The van der Waals surface area contributed by atoms with Gasteiger partial charge in [-0.1, -0.05) is 24.8 Å². The Balaban J connectivity index is 1.38. The molecule has 7 nitrogen and oxygen atoms in total. The van der Waals surface area contributed by atoms with Crippen LogP contribution in [0.1, 0.15) is 23.8 Å². The molecule has 0 saturated heterocycles. The summed E-state index contributed by atoms with van der Waals surface area (Å²) in [5.41, 5.74) is 1.75. The molecule has 2 aromatic heterocycles. The van der Waals surface area contributed by atoms with E-state index in [1.54, 1.807) is 40.2 Å². The average Bonchev–Trinajstić information content (AvgIpc) is 3.37. The third kappa shape index (κ3) is 3.91. The monoisotopic (exact) mass is 469 g/mol. The van der Waals surface area contributed by atoms with Gasteiger partial charge >= 0.3 is 0 Å². The Morgan fingerprint density at radius 1 is 1.41 bits per heavy atom. The second-order valence-electron chi connectivity index (χ2n) is 8.04. The molecule has 0 fully saturated rings. The Hall–Kier alpha value is -2.78. The number of hydrogen-bond donors (Lipinski definition) is 1. The number of aryl methyl sites for hydroxylation is 1. The highest BCUT2D eigenvalue weighted by Gasteiger charge is 2.25. The van der Waals surface area contributed by atoms with Gasteiger partial charge in [-0.3, -0.25) is 14.2 Å². The van der Waals surface area contributed by atoms with Crippen LogP contribution in [0.15, 0.2) is 40.8 Å². The van der Waals surface area contributed by atoms with E-state index in [0.717, 1.165) is 35.0 Å². The van der Waals surface area contributed by atoms with Crippen molar-refractivity contribution in [3.05, 3.63) is 51.6 Å². The van der Waals surface area contributed by atoms with Crippen molar-refractivity contribution in [3.63, 3.8) is 0 Å². The highest BCUT2D eigenvalue weighted by molar-refractivity contribution is 7.99. The van der Waals surface area contributed by atoms with Crippen molar-refractivity contribution >= 4 is 44.9 Å². The number of ether oxygens (including phenoxy) is 2. The van der Waals surface area contributed by atoms with Crippen molar-refractivity contribution in [1.82, 2.24) is 9.55 Å². The van der Waals surface area contributed by atoms with Gasteiger partial charge in [0.1, 0.15) is 4.83 Å². The maximum Gasteiger partial charge on any atom is 0.263 e. The Labute approximate surface area is 193 Å². The van der Waals surface area contributed by atoms with Gasteiger partial charge in [-0.05, 0) is 42.9 Å². The number of anilines is 1. The Morgan fingerprint density at radius 2 is 2.25 bits per heavy atom. The predicted molar refractivity (Wildman–Crippen MR) is 127 cm³/mol. The summed E-state index contributed by atoms with van der Waals surface area (Å²) >= 11 is 2.87. The van der Waals surface area contributed by atoms with Crippen LogP contribution < -0.4 is 20.3 Å². The number of allylic oxidation sites excluding steroid dienone is 1. The van der Waals surface area contributed by atoms with Crippen LogP contribution in [-0.4, -0.2) is 28.0 Å². The van der Waals surface area contributed by atoms with Crippen LogP contribution >= 0.6 is 23.1 Å². The third-order valence-electron chi connectivity index (χ3n) is 5.68. The quantitative estimate of drug-likeness (QED) is 0.331. The van der Waals surface area contributed by atoms with Crippen LogP contribution in [-0.2, 0) is 24.2 Å².